The minimum absolute atomic E-state index is 0.0152. The van der Waals surface area contributed by atoms with E-state index in [2.05, 4.69) is 32.2 Å². The molecule has 2 aromatic rings. The number of hydrogen-bond acceptors (Lipinski definition) is 2. The molecular weight excluding hydrogens is 277 g/mol. The number of halogens is 1. The Morgan fingerprint density at radius 3 is 2.55 bits per heavy atom. The third-order valence-corrected chi connectivity index (χ3v) is 4.07. The van der Waals surface area contributed by atoms with Gasteiger partial charge in [-0.05, 0) is 57.0 Å². The maximum atomic E-state index is 13.6. The van der Waals surface area contributed by atoms with Gasteiger partial charge in [-0.2, -0.15) is 0 Å². The lowest BCUT2D eigenvalue weighted by Gasteiger charge is -2.26. The van der Waals surface area contributed by atoms with Crippen LogP contribution in [0.1, 0.15) is 44.3 Å². The summed E-state index contributed by atoms with van der Waals surface area (Å²) in [5, 5.41) is 3.48. The lowest BCUT2D eigenvalue weighted by atomic mass is 9.83. The smallest absolute Gasteiger partial charge is 0.126 e. The highest BCUT2D eigenvalue weighted by Crippen LogP contribution is 2.29. The minimum Gasteiger partial charge on any atom is -0.466 e. The molecule has 0 aliphatic heterocycles. The Bertz CT molecular complexity index is 603. The van der Waals surface area contributed by atoms with Gasteiger partial charge in [0.15, 0.2) is 0 Å². The van der Waals surface area contributed by atoms with Gasteiger partial charge in [-0.3, -0.25) is 0 Å². The summed E-state index contributed by atoms with van der Waals surface area (Å²) < 4.78 is 19.3. The second kappa shape index (κ2) is 7.10. The zero-order chi connectivity index (χ0) is 16.2. The van der Waals surface area contributed by atoms with Gasteiger partial charge < -0.3 is 9.73 Å². The molecule has 0 fully saturated rings. The Morgan fingerprint density at radius 2 is 1.91 bits per heavy atom. The molecule has 0 aliphatic carbocycles. The Kier molecular flexibility index (Phi) is 5.41. The van der Waals surface area contributed by atoms with Crippen molar-refractivity contribution in [2.75, 3.05) is 6.54 Å². The number of aryl methyl sites for hydroxylation is 1. The van der Waals surface area contributed by atoms with Crippen LogP contribution in [0.15, 0.2) is 40.8 Å². The minimum atomic E-state index is -0.122. The van der Waals surface area contributed by atoms with Crippen molar-refractivity contribution in [3.8, 4) is 0 Å². The summed E-state index contributed by atoms with van der Waals surface area (Å²) in [6.07, 6.45) is 1.68. The molecule has 0 radical (unpaired) electrons. The maximum absolute atomic E-state index is 13.6. The SMILES string of the molecule is Cc1ccc(C(C)(C)CC(C)NCCc2ccccc2F)o1. The first-order valence-electron chi connectivity index (χ1n) is 7.92. The van der Waals surface area contributed by atoms with Gasteiger partial charge in [0.25, 0.3) is 0 Å². The number of benzene rings is 1. The van der Waals surface area contributed by atoms with Crippen LogP contribution in [-0.4, -0.2) is 12.6 Å². The van der Waals surface area contributed by atoms with E-state index in [1.807, 2.05) is 25.1 Å². The maximum Gasteiger partial charge on any atom is 0.126 e. The molecule has 2 rings (SSSR count). The first-order valence-corrected chi connectivity index (χ1v) is 7.92. The van der Waals surface area contributed by atoms with Crippen molar-refractivity contribution in [2.45, 2.75) is 52.0 Å². The molecule has 1 aromatic carbocycles. The molecule has 1 unspecified atom stereocenters. The number of nitrogens with one attached hydrogen (secondary N) is 1. The topological polar surface area (TPSA) is 25.2 Å². The summed E-state index contributed by atoms with van der Waals surface area (Å²) >= 11 is 0. The zero-order valence-corrected chi connectivity index (χ0v) is 13.9. The van der Waals surface area contributed by atoms with Crippen LogP contribution in [0, 0.1) is 12.7 Å². The first-order chi connectivity index (χ1) is 10.4. The van der Waals surface area contributed by atoms with E-state index in [4.69, 9.17) is 4.42 Å². The quantitative estimate of drug-likeness (QED) is 0.807. The second-order valence-corrected chi connectivity index (χ2v) is 6.69. The molecular formula is C19H26FNO. The highest BCUT2D eigenvalue weighted by molar-refractivity contribution is 5.18. The van der Waals surface area contributed by atoms with E-state index in [0.29, 0.717) is 12.5 Å². The fourth-order valence-corrected chi connectivity index (χ4v) is 2.89. The summed E-state index contributed by atoms with van der Waals surface area (Å²) in [7, 11) is 0. The molecule has 1 aromatic heterocycles. The Hall–Kier alpha value is -1.61. The fourth-order valence-electron chi connectivity index (χ4n) is 2.89. The van der Waals surface area contributed by atoms with Crippen LogP contribution in [0.2, 0.25) is 0 Å². The van der Waals surface area contributed by atoms with Gasteiger partial charge in [0.05, 0.1) is 0 Å². The predicted octanol–water partition coefficient (Wildman–Crippen LogP) is 4.62. The molecule has 0 saturated carbocycles. The summed E-state index contributed by atoms with van der Waals surface area (Å²) in [4.78, 5) is 0. The molecule has 0 aliphatic rings. The van der Waals surface area contributed by atoms with Crippen molar-refractivity contribution in [2.24, 2.45) is 0 Å². The number of furan rings is 1. The lowest BCUT2D eigenvalue weighted by Crippen LogP contribution is -2.34. The zero-order valence-electron chi connectivity index (χ0n) is 13.9. The van der Waals surface area contributed by atoms with Crippen molar-refractivity contribution in [1.82, 2.24) is 5.32 Å². The number of rotatable bonds is 7. The van der Waals surface area contributed by atoms with E-state index in [-0.39, 0.29) is 11.2 Å². The van der Waals surface area contributed by atoms with E-state index in [0.717, 1.165) is 30.0 Å². The van der Waals surface area contributed by atoms with Gasteiger partial charge in [0.1, 0.15) is 17.3 Å². The Balaban J connectivity index is 1.83. The van der Waals surface area contributed by atoms with Gasteiger partial charge in [-0.1, -0.05) is 32.0 Å². The fraction of sp³-hybridized carbons (Fsp3) is 0.474. The van der Waals surface area contributed by atoms with Crippen LogP contribution in [-0.2, 0) is 11.8 Å². The molecule has 0 spiro atoms. The van der Waals surface area contributed by atoms with Crippen molar-refractivity contribution in [3.63, 3.8) is 0 Å². The first kappa shape index (κ1) is 16.8. The molecule has 1 atom stereocenters. The monoisotopic (exact) mass is 303 g/mol. The molecule has 2 nitrogen and oxygen atoms in total. The normalized spacial score (nSPS) is 13.3. The standard InChI is InChI=1S/C19H26FNO/c1-14(13-19(3,4)18-10-9-15(2)22-18)21-12-11-16-7-5-6-8-17(16)20/h5-10,14,21H,11-13H2,1-4H3. The van der Waals surface area contributed by atoms with E-state index in [9.17, 15) is 4.39 Å². The molecule has 0 bridgehead atoms. The van der Waals surface area contributed by atoms with Crippen LogP contribution in [0.3, 0.4) is 0 Å². The predicted molar refractivity (Wildman–Crippen MR) is 88.7 cm³/mol. The average Bonchev–Trinajstić information content (AvgIpc) is 2.88. The van der Waals surface area contributed by atoms with Crippen LogP contribution < -0.4 is 5.32 Å². The van der Waals surface area contributed by atoms with E-state index in [1.54, 1.807) is 6.07 Å². The van der Waals surface area contributed by atoms with Gasteiger partial charge in [0, 0.05) is 11.5 Å². The van der Waals surface area contributed by atoms with Crippen LogP contribution in [0.5, 0.6) is 0 Å². The molecule has 120 valence electrons. The second-order valence-electron chi connectivity index (χ2n) is 6.69. The highest BCUT2D eigenvalue weighted by atomic mass is 19.1. The molecule has 1 heterocycles. The molecule has 0 amide bonds. The van der Waals surface area contributed by atoms with Gasteiger partial charge in [0.2, 0.25) is 0 Å². The Morgan fingerprint density at radius 1 is 1.18 bits per heavy atom. The van der Waals surface area contributed by atoms with Crippen molar-refractivity contribution >= 4 is 0 Å². The molecule has 22 heavy (non-hydrogen) atoms. The third kappa shape index (κ3) is 4.44. The van der Waals surface area contributed by atoms with Gasteiger partial charge >= 0.3 is 0 Å². The summed E-state index contributed by atoms with van der Waals surface area (Å²) in [6, 6.07) is 11.4. The summed E-state index contributed by atoms with van der Waals surface area (Å²) in [5.74, 6) is 1.85. The van der Waals surface area contributed by atoms with Crippen molar-refractivity contribution in [1.29, 1.82) is 0 Å². The lowest BCUT2D eigenvalue weighted by molar-refractivity contribution is 0.320. The Labute approximate surface area is 132 Å². The third-order valence-electron chi connectivity index (χ3n) is 4.07. The molecule has 3 heteroatoms. The average molecular weight is 303 g/mol. The molecule has 1 N–H and O–H groups in total. The summed E-state index contributed by atoms with van der Waals surface area (Å²) in [5.41, 5.74) is 0.752. The molecule has 0 saturated heterocycles. The van der Waals surface area contributed by atoms with Gasteiger partial charge in [-0.25, -0.2) is 4.39 Å². The van der Waals surface area contributed by atoms with Crippen LogP contribution in [0.4, 0.5) is 4.39 Å². The van der Waals surface area contributed by atoms with E-state index >= 15 is 0 Å². The van der Waals surface area contributed by atoms with Gasteiger partial charge in [-0.15, -0.1) is 0 Å². The highest BCUT2D eigenvalue weighted by Gasteiger charge is 2.26. The van der Waals surface area contributed by atoms with Crippen LogP contribution in [0.25, 0.3) is 0 Å². The number of hydrogen-bond donors (Lipinski definition) is 1. The van der Waals surface area contributed by atoms with E-state index < -0.39 is 0 Å². The largest absolute Gasteiger partial charge is 0.466 e. The van der Waals surface area contributed by atoms with Crippen molar-refractivity contribution < 1.29 is 8.81 Å². The van der Waals surface area contributed by atoms with Crippen LogP contribution >= 0.6 is 0 Å². The van der Waals surface area contributed by atoms with Crippen molar-refractivity contribution in [3.05, 3.63) is 59.3 Å². The van der Waals surface area contributed by atoms with E-state index in [1.165, 1.54) is 6.07 Å². The summed E-state index contributed by atoms with van der Waals surface area (Å²) in [6.45, 7) is 9.30.